The third-order valence-electron chi connectivity index (χ3n) is 7.83. The summed E-state index contributed by atoms with van der Waals surface area (Å²) < 4.78 is 0. The number of aliphatic hydroxyl groups is 1. The number of hydrogen-bond acceptors (Lipinski definition) is 8. The number of fused-ring (bicyclic) bond motifs is 1. The summed E-state index contributed by atoms with van der Waals surface area (Å²) in [6, 6.07) is 5.37. The predicted molar refractivity (Wildman–Crippen MR) is 135 cm³/mol. The number of aryl methyl sites for hydroxylation is 1. The van der Waals surface area contributed by atoms with Crippen molar-refractivity contribution in [3.05, 3.63) is 40.7 Å². The molecule has 10 nitrogen and oxygen atoms in total. The normalized spacial score (nSPS) is 19.1. The summed E-state index contributed by atoms with van der Waals surface area (Å²) in [4.78, 5) is 39.5. The van der Waals surface area contributed by atoms with Gasteiger partial charge >= 0.3 is 6.03 Å². The fourth-order valence-electron chi connectivity index (χ4n) is 5.81. The van der Waals surface area contributed by atoms with Crippen LogP contribution in [0.3, 0.4) is 0 Å². The van der Waals surface area contributed by atoms with Crippen molar-refractivity contribution in [3.63, 3.8) is 0 Å². The van der Waals surface area contributed by atoms with Crippen LogP contribution in [0.2, 0.25) is 0 Å². The smallest absolute Gasteiger partial charge is 0.328 e. The highest BCUT2D eigenvalue weighted by atomic mass is 16.3. The lowest BCUT2D eigenvalue weighted by atomic mass is 9.77. The fraction of sp³-hybridized carbons (Fsp3) is 0.500. The van der Waals surface area contributed by atoms with Crippen LogP contribution < -0.4 is 15.1 Å². The summed E-state index contributed by atoms with van der Waals surface area (Å²) in [6.45, 7) is 4.16. The Balaban J connectivity index is 1.34. The highest BCUT2D eigenvalue weighted by molar-refractivity contribution is 6.01. The van der Waals surface area contributed by atoms with E-state index in [0.29, 0.717) is 47.4 Å². The number of aromatic nitrogens is 2. The van der Waals surface area contributed by atoms with E-state index in [4.69, 9.17) is 0 Å². The molecule has 3 aliphatic rings. The number of nitrogens with zero attached hydrogens (tertiary/aromatic N) is 6. The number of nitriles is 1. The van der Waals surface area contributed by atoms with E-state index in [2.05, 4.69) is 38.2 Å². The van der Waals surface area contributed by atoms with Gasteiger partial charge in [0.1, 0.15) is 23.4 Å². The van der Waals surface area contributed by atoms with Crippen molar-refractivity contribution in [1.82, 2.24) is 14.9 Å². The van der Waals surface area contributed by atoms with Crippen LogP contribution in [-0.2, 0) is 13.0 Å². The van der Waals surface area contributed by atoms with E-state index in [9.17, 15) is 20.0 Å². The molecule has 0 radical (unpaired) electrons. The molecule has 2 saturated heterocycles. The van der Waals surface area contributed by atoms with Crippen molar-refractivity contribution in [1.29, 1.82) is 5.26 Å². The summed E-state index contributed by atoms with van der Waals surface area (Å²) in [6.07, 6.45) is 6.94. The number of amides is 2. The van der Waals surface area contributed by atoms with Gasteiger partial charge in [-0.25, -0.2) is 14.8 Å². The highest BCUT2D eigenvalue weighted by Crippen LogP contribution is 2.41. The molecule has 2 aromatic rings. The number of rotatable bonds is 4. The van der Waals surface area contributed by atoms with E-state index in [1.54, 1.807) is 12.1 Å². The van der Waals surface area contributed by atoms with Crippen molar-refractivity contribution in [3.8, 4) is 6.07 Å². The molecular formula is C26H31N7O3. The molecule has 0 aliphatic carbocycles. The van der Waals surface area contributed by atoms with Crippen LogP contribution in [0.4, 0.5) is 22.1 Å². The Morgan fingerprint density at radius 3 is 2.69 bits per heavy atom. The van der Waals surface area contributed by atoms with Crippen LogP contribution in [0.15, 0.2) is 18.3 Å². The number of likely N-dealkylation sites (tertiary alicyclic amines) is 1. The maximum atomic E-state index is 13.2. The Morgan fingerprint density at radius 2 is 2.03 bits per heavy atom. The number of hydrogen-bond donors (Lipinski definition) is 2. The Labute approximate surface area is 210 Å². The molecule has 188 valence electrons. The lowest BCUT2D eigenvalue weighted by Gasteiger charge is -2.40. The summed E-state index contributed by atoms with van der Waals surface area (Å²) in [5, 5.41) is 22.1. The molecule has 5 rings (SSSR count). The predicted octanol–water partition coefficient (Wildman–Crippen LogP) is 2.56. The number of aldehydes is 1. The Kier molecular flexibility index (Phi) is 6.60. The van der Waals surface area contributed by atoms with Gasteiger partial charge in [0.25, 0.3) is 0 Å². The second kappa shape index (κ2) is 9.84. The van der Waals surface area contributed by atoms with Gasteiger partial charge in [0.15, 0.2) is 6.29 Å². The van der Waals surface area contributed by atoms with Gasteiger partial charge in [-0.05, 0) is 62.7 Å². The van der Waals surface area contributed by atoms with Gasteiger partial charge in [-0.1, -0.05) is 0 Å². The second-order valence-electron chi connectivity index (χ2n) is 10.2. The molecule has 0 bridgehead atoms. The average molecular weight is 490 g/mol. The van der Waals surface area contributed by atoms with E-state index < -0.39 is 6.03 Å². The summed E-state index contributed by atoms with van der Waals surface area (Å²) >= 11 is 0. The largest absolute Gasteiger partial charge is 0.392 e. The summed E-state index contributed by atoms with van der Waals surface area (Å²) in [7, 11) is 2.17. The van der Waals surface area contributed by atoms with Crippen molar-refractivity contribution in [2.24, 2.45) is 5.41 Å². The summed E-state index contributed by atoms with van der Waals surface area (Å²) in [5.74, 6) is 0.791. The van der Waals surface area contributed by atoms with Crippen molar-refractivity contribution < 1.29 is 14.7 Å². The van der Waals surface area contributed by atoms with Crippen LogP contribution in [0, 0.1) is 16.7 Å². The first-order valence-corrected chi connectivity index (χ1v) is 12.5. The molecule has 1 spiro atoms. The quantitative estimate of drug-likeness (QED) is 0.628. The molecular weight excluding hydrogens is 458 g/mol. The number of urea groups is 1. The van der Waals surface area contributed by atoms with Crippen LogP contribution in [-0.4, -0.2) is 72.1 Å². The monoisotopic (exact) mass is 489 g/mol. The van der Waals surface area contributed by atoms with Gasteiger partial charge in [0, 0.05) is 44.0 Å². The molecule has 2 N–H and O–H groups in total. The zero-order valence-electron chi connectivity index (χ0n) is 20.5. The van der Waals surface area contributed by atoms with E-state index in [-0.39, 0.29) is 12.3 Å². The standard InChI is InChI=1S/C26H31N7O3/c1-31-8-4-26(17-31)5-9-32(10-6-26)22-12-23(28-14-20(22)13-27)30-25(36)33-7-2-3-18-11-19(15-34)21(16-35)29-24(18)33/h11-12,14,16,34H,2-10,15,17H2,1H3,(H,28,30,36). The van der Waals surface area contributed by atoms with Gasteiger partial charge in [-0.3, -0.25) is 15.0 Å². The molecule has 5 heterocycles. The Morgan fingerprint density at radius 1 is 1.25 bits per heavy atom. The number of nitrogens with one attached hydrogen (secondary N) is 1. The molecule has 0 unspecified atom stereocenters. The lowest BCUT2D eigenvalue weighted by molar-refractivity contribution is 0.111. The maximum Gasteiger partial charge on any atom is 0.328 e. The first-order chi connectivity index (χ1) is 17.4. The minimum atomic E-state index is -0.396. The van der Waals surface area contributed by atoms with E-state index >= 15 is 0 Å². The van der Waals surface area contributed by atoms with Crippen LogP contribution in [0.5, 0.6) is 0 Å². The minimum absolute atomic E-state index is 0.131. The first kappa shape index (κ1) is 24.2. The van der Waals surface area contributed by atoms with Gasteiger partial charge in [-0.2, -0.15) is 5.26 Å². The van der Waals surface area contributed by atoms with Crippen LogP contribution in [0.1, 0.15) is 52.9 Å². The zero-order valence-corrected chi connectivity index (χ0v) is 20.5. The molecule has 36 heavy (non-hydrogen) atoms. The van der Waals surface area contributed by atoms with Gasteiger partial charge in [-0.15, -0.1) is 0 Å². The number of anilines is 3. The minimum Gasteiger partial charge on any atom is -0.392 e. The van der Waals surface area contributed by atoms with Crippen molar-refractivity contribution in [2.75, 3.05) is 54.9 Å². The van der Waals surface area contributed by atoms with E-state index in [1.807, 2.05) is 0 Å². The van der Waals surface area contributed by atoms with Crippen LogP contribution >= 0.6 is 0 Å². The first-order valence-electron chi connectivity index (χ1n) is 12.5. The molecule has 0 aromatic carbocycles. The van der Waals surface area contributed by atoms with Gasteiger partial charge in [0.2, 0.25) is 0 Å². The molecule has 2 aromatic heterocycles. The second-order valence-corrected chi connectivity index (χ2v) is 10.2. The van der Waals surface area contributed by atoms with E-state index in [0.717, 1.165) is 56.7 Å². The molecule has 0 saturated carbocycles. The molecule has 0 atom stereocenters. The molecule has 2 fully saturated rings. The molecule has 10 heteroatoms. The zero-order chi connectivity index (χ0) is 25.3. The van der Waals surface area contributed by atoms with Crippen molar-refractivity contribution in [2.45, 2.75) is 38.7 Å². The third-order valence-corrected chi connectivity index (χ3v) is 7.83. The van der Waals surface area contributed by atoms with Gasteiger partial charge in [0.05, 0.1) is 17.9 Å². The van der Waals surface area contributed by atoms with Crippen molar-refractivity contribution >= 4 is 29.6 Å². The Bertz CT molecular complexity index is 1220. The topological polar surface area (TPSA) is 126 Å². The fourth-order valence-corrected chi connectivity index (χ4v) is 5.81. The molecule has 3 aliphatic heterocycles. The number of pyridine rings is 2. The number of carbonyl (C=O) groups excluding carboxylic acids is 2. The number of piperidine rings is 1. The average Bonchev–Trinajstić information content (AvgIpc) is 3.27. The molecule has 2 amide bonds. The van der Waals surface area contributed by atoms with Crippen LogP contribution in [0.25, 0.3) is 0 Å². The third kappa shape index (κ3) is 4.52. The van der Waals surface area contributed by atoms with Gasteiger partial charge < -0.3 is 14.9 Å². The Hall–Kier alpha value is -3.55. The SMILES string of the molecule is CN1CCC2(CCN(c3cc(NC(=O)N4CCCc5cc(CO)c(C=O)nc54)ncc3C#N)CC2)C1. The highest BCUT2D eigenvalue weighted by Gasteiger charge is 2.39. The maximum absolute atomic E-state index is 13.2. The number of carbonyl (C=O) groups is 2. The lowest BCUT2D eigenvalue weighted by Crippen LogP contribution is -2.42. The number of aliphatic hydroxyl groups excluding tert-OH is 1. The summed E-state index contributed by atoms with van der Waals surface area (Å²) in [5.41, 5.74) is 3.05. The van der Waals surface area contributed by atoms with E-state index in [1.165, 1.54) is 17.5 Å².